The Hall–Kier alpha value is -1.06. The summed E-state index contributed by atoms with van der Waals surface area (Å²) in [6.07, 6.45) is 1.69. The van der Waals surface area contributed by atoms with E-state index in [1.807, 2.05) is 6.07 Å². The Morgan fingerprint density at radius 2 is 2.05 bits per heavy atom. The number of rotatable bonds is 5. The summed E-state index contributed by atoms with van der Waals surface area (Å²) in [6, 6.07) is 8.35. The number of nitrogens with zero attached hydrogens (tertiary/aromatic N) is 1. The zero-order chi connectivity index (χ0) is 13.7. The van der Waals surface area contributed by atoms with Crippen LogP contribution in [0.15, 0.2) is 24.3 Å². The average Bonchev–Trinajstić information content (AvgIpc) is 2.41. The van der Waals surface area contributed by atoms with E-state index >= 15 is 0 Å². The van der Waals surface area contributed by atoms with Crippen LogP contribution in [0.5, 0.6) is 5.75 Å². The van der Waals surface area contributed by atoms with Gasteiger partial charge in [0.25, 0.3) is 0 Å². The molecule has 0 bridgehead atoms. The first-order valence-corrected chi connectivity index (χ1v) is 7.28. The predicted molar refractivity (Wildman–Crippen MR) is 77.7 cm³/mol. The van der Waals surface area contributed by atoms with Gasteiger partial charge >= 0.3 is 0 Å². The standard InChI is InChI=1S/C16H25NO2/c1-13(2)14-4-3-5-16(12-14)19-11-10-17-8-6-15(18)7-9-17/h3-5,12-13,15,18H,6-11H2,1-2H3. The Morgan fingerprint density at radius 3 is 2.74 bits per heavy atom. The van der Waals surface area contributed by atoms with E-state index in [1.54, 1.807) is 0 Å². The smallest absolute Gasteiger partial charge is 0.119 e. The van der Waals surface area contributed by atoms with Crippen LogP contribution < -0.4 is 4.74 Å². The van der Waals surface area contributed by atoms with Gasteiger partial charge in [-0.2, -0.15) is 0 Å². The molecule has 1 aliphatic rings. The molecule has 0 atom stereocenters. The summed E-state index contributed by atoms with van der Waals surface area (Å²) in [5.74, 6) is 1.50. The summed E-state index contributed by atoms with van der Waals surface area (Å²) in [5, 5.41) is 9.45. The third kappa shape index (κ3) is 4.51. The molecule has 3 nitrogen and oxygen atoms in total. The predicted octanol–water partition coefficient (Wildman–Crippen LogP) is 2.65. The summed E-state index contributed by atoms with van der Waals surface area (Å²) in [4.78, 5) is 2.36. The summed E-state index contributed by atoms with van der Waals surface area (Å²) in [7, 11) is 0. The minimum absolute atomic E-state index is 0.0973. The summed E-state index contributed by atoms with van der Waals surface area (Å²) < 4.78 is 5.82. The van der Waals surface area contributed by atoms with Crippen LogP contribution in [0.1, 0.15) is 38.2 Å². The van der Waals surface area contributed by atoms with Crippen LogP contribution >= 0.6 is 0 Å². The minimum Gasteiger partial charge on any atom is -0.492 e. The van der Waals surface area contributed by atoms with Gasteiger partial charge in [0.05, 0.1) is 6.10 Å². The van der Waals surface area contributed by atoms with Gasteiger partial charge in [-0.05, 0) is 36.5 Å². The van der Waals surface area contributed by atoms with E-state index in [1.165, 1.54) is 5.56 Å². The van der Waals surface area contributed by atoms with Crippen LogP contribution in [0.25, 0.3) is 0 Å². The molecule has 1 N–H and O–H groups in total. The molecule has 0 radical (unpaired) electrons. The largest absolute Gasteiger partial charge is 0.492 e. The van der Waals surface area contributed by atoms with E-state index < -0.39 is 0 Å². The lowest BCUT2D eigenvalue weighted by molar-refractivity contribution is 0.0755. The number of hydrogen-bond acceptors (Lipinski definition) is 3. The first kappa shape index (κ1) is 14.4. The Balaban J connectivity index is 1.75. The van der Waals surface area contributed by atoms with Crippen molar-refractivity contribution in [2.45, 2.75) is 38.7 Å². The number of benzene rings is 1. The van der Waals surface area contributed by atoms with Crippen LogP contribution in [-0.4, -0.2) is 42.4 Å². The van der Waals surface area contributed by atoms with Gasteiger partial charge < -0.3 is 9.84 Å². The molecule has 0 amide bonds. The van der Waals surface area contributed by atoms with E-state index in [9.17, 15) is 5.11 Å². The van der Waals surface area contributed by atoms with Crippen LogP contribution in [0, 0.1) is 0 Å². The molecule has 0 unspecified atom stereocenters. The minimum atomic E-state index is -0.0973. The first-order valence-electron chi connectivity index (χ1n) is 7.28. The first-order chi connectivity index (χ1) is 9.15. The maximum absolute atomic E-state index is 9.45. The van der Waals surface area contributed by atoms with Crippen molar-refractivity contribution in [3.63, 3.8) is 0 Å². The zero-order valence-corrected chi connectivity index (χ0v) is 12.0. The third-order valence-corrected chi connectivity index (χ3v) is 3.76. The van der Waals surface area contributed by atoms with Crippen molar-refractivity contribution in [1.29, 1.82) is 0 Å². The van der Waals surface area contributed by atoms with Crippen molar-refractivity contribution in [1.82, 2.24) is 4.90 Å². The van der Waals surface area contributed by atoms with Crippen LogP contribution in [-0.2, 0) is 0 Å². The van der Waals surface area contributed by atoms with E-state index in [0.717, 1.165) is 44.8 Å². The van der Waals surface area contributed by atoms with Gasteiger partial charge in [0.1, 0.15) is 12.4 Å². The monoisotopic (exact) mass is 263 g/mol. The van der Waals surface area contributed by atoms with E-state index in [2.05, 4.69) is 36.9 Å². The summed E-state index contributed by atoms with van der Waals surface area (Å²) >= 11 is 0. The maximum Gasteiger partial charge on any atom is 0.119 e. The lowest BCUT2D eigenvalue weighted by Crippen LogP contribution is -2.38. The lowest BCUT2D eigenvalue weighted by atomic mass is 10.0. The van der Waals surface area contributed by atoms with E-state index in [0.29, 0.717) is 5.92 Å². The Labute approximate surface area is 116 Å². The topological polar surface area (TPSA) is 32.7 Å². The number of aliphatic hydroxyl groups is 1. The molecule has 19 heavy (non-hydrogen) atoms. The van der Waals surface area contributed by atoms with Crippen molar-refractivity contribution < 1.29 is 9.84 Å². The fourth-order valence-corrected chi connectivity index (χ4v) is 2.40. The molecule has 0 saturated carbocycles. The Morgan fingerprint density at radius 1 is 1.32 bits per heavy atom. The molecule has 1 saturated heterocycles. The SMILES string of the molecule is CC(C)c1cccc(OCCN2CCC(O)CC2)c1. The lowest BCUT2D eigenvalue weighted by Gasteiger charge is -2.29. The number of ether oxygens (including phenoxy) is 1. The van der Waals surface area contributed by atoms with Gasteiger partial charge in [0.15, 0.2) is 0 Å². The Kier molecular flexibility index (Phi) is 5.23. The molecule has 1 aliphatic heterocycles. The van der Waals surface area contributed by atoms with Crippen molar-refractivity contribution >= 4 is 0 Å². The van der Waals surface area contributed by atoms with Crippen LogP contribution in [0.4, 0.5) is 0 Å². The number of likely N-dealkylation sites (tertiary alicyclic amines) is 1. The molecule has 2 rings (SSSR count). The molecule has 1 aromatic rings. The van der Waals surface area contributed by atoms with E-state index in [4.69, 9.17) is 4.74 Å². The second kappa shape index (κ2) is 6.92. The van der Waals surface area contributed by atoms with Gasteiger partial charge in [0.2, 0.25) is 0 Å². The van der Waals surface area contributed by atoms with Gasteiger partial charge in [-0.25, -0.2) is 0 Å². The zero-order valence-electron chi connectivity index (χ0n) is 12.0. The molecule has 3 heteroatoms. The summed E-state index contributed by atoms with van der Waals surface area (Å²) in [6.45, 7) is 8.01. The molecule has 1 fully saturated rings. The van der Waals surface area contributed by atoms with Crippen molar-refractivity contribution in [2.75, 3.05) is 26.2 Å². The molecular weight excluding hydrogens is 238 g/mol. The quantitative estimate of drug-likeness (QED) is 0.886. The maximum atomic E-state index is 9.45. The number of hydrogen-bond donors (Lipinski definition) is 1. The van der Waals surface area contributed by atoms with Crippen molar-refractivity contribution in [2.24, 2.45) is 0 Å². The molecule has 0 spiro atoms. The molecular formula is C16H25NO2. The third-order valence-electron chi connectivity index (χ3n) is 3.76. The summed E-state index contributed by atoms with van der Waals surface area (Å²) in [5.41, 5.74) is 1.32. The highest BCUT2D eigenvalue weighted by Gasteiger charge is 2.16. The van der Waals surface area contributed by atoms with Crippen molar-refractivity contribution in [3.05, 3.63) is 29.8 Å². The van der Waals surface area contributed by atoms with Crippen LogP contribution in [0.2, 0.25) is 0 Å². The molecule has 0 aromatic heterocycles. The number of aliphatic hydroxyl groups excluding tert-OH is 1. The highest BCUT2D eigenvalue weighted by Crippen LogP contribution is 2.20. The second-order valence-electron chi connectivity index (χ2n) is 5.65. The molecule has 1 aromatic carbocycles. The Bertz CT molecular complexity index is 384. The van der Waals surface area contributed by atoms with E-state index in [-0.39, 0.29) is 6.10 Å². The average molecular weight is 263 g/mol. The van der Waals surface area contributed by atoms with Gasteiger partial charge in [-0.1, -0.05) is 26.0 Å². The second-order valence-corrected chi connectivity index (χ2v) is 5.65. The highest BCUT2D eigenvalue weighted by atomic mass is 16.5. The van der Waals surface area contributed by atoms with Gasteiger partial charge in [0, 0.05) is 19.6 Å². The fraction of sp³-hybridized carbons (Fsp3) is 0.625. The van der Waals surface area contributed by atoms with Gasteiger partial charge in [-0.15, -0.1) is 0 Å². The van der Waals surface area contributed by atoms with Gasteiger partial charge in [-0.3, -0.25) is 4.90 Å². The van der Waals surface area contributed by atoms with Crippen molar-refractivity contribution in [3.8, 4) is 5.75 Å². The fourth-order valence-electron chi connectivity index (χ4n) is 2.40. The van der Waals surface area contributed by atoms with Crippen LogP contribution in [0.3, 0.4) is 0 Å². The normalized spacial score (nSPS) is 17.9. The highest BCUT2D eigenvalue weighted by molar-refractivity contribution is 5.30. The molecule has 106 valence electrons. The molecule has 0 aliphatic carbocycles. The number of piperidine rings is 1. The molecule has 1 heterocycles.